The van der Waals surface area contributed by atoms with E-state index >= 15 is 0 Å². The summed E-state index contributed by atoms with van der Waals surface area (Å²) in [6.45, 7) is 3.89. The van der Waals surface area contributed by atoms with E-state index in [-0.39, 0.29) is 0 Å². The van der Waals surface area contributed by atoms with Gasteiger partial charge in [0.25, 0.3) is 0 Å². The SMILES string of the molecule is Cn1cc(Nc2nc(NC3CCC(N4CCOCC4)CC3)c3nc(C4CC4)sc3n2)cn1. The molecule has 0 atom stereocenters. The van der Waals surface area contributed by atoms with Crippen molar-refractivity contribution in [2.75, 3.05) is 36.9 Å². The molecule has 0 unspecified atom stereocenters. The van der Waals surface area contributed by atoms with Gasteiger partial charge in [0.05, 0.1) is 30.1 Å². The van der Waals surface area contributed by atoms with Crippen molar-refractivity contribution in [3.63, 3.8) is 0 Å². The van der Waals surface area contributed by atoms with Crippen molar-refractivity contribution in [1.82, 2.24) is 29.6 Å². The second kappa shape index (κ2) is 8.57. The van der Waals surface area contributed by atoms with E-state index in [4.69, 9.17) is 19.7 Å². The third-order valence-corrected chi connectivity index (χ3v) is 7.87. The van der Waals surface area contributed by atoms with Crippen LogP contribution in [0.15, 0.2) is 12.4 Å². The van der Waals surface area contributed by atoms with Gasteiger partial charge in [-0.2, -0.15) is 15.1 Å². The van der Waals surface area contributed by atoms with E-state index in [1.54, 1.807) is 22.2 Å². The summed E-state index contributed by atoms with van der Waals surface area (Å²) in [5, 5.41) is 12.5. The monoisotopic (exact) mass is 454 g/mol. The smallest absolute Gasteiger partial charge is 0.230 e. The van der Waals surface area contributed by atoms with Crippen LogP contribution in [0.3, 0.4) is 0 Å². The van der Waals surface area contributed by atoms with Crippen molar-refractivity contribution >= 4 is 39.1 Å². The Morgan fingerprint density at radius 3 is 2.56 bits per heavy atom. The highest BCUT2D eigenvalue weighted by molar-refractivity contribution is 7.18. The molecule has 1 saturated heterocycles. The molecule has 0 bridgehead atoms. The third-order valence-electron chi connectivity index (χ3n) is 6.76. The molecule has 3 aromatic rings. The van der Waals surface area contributed by atoms with Crippen LogP contribution in [0, 0.1) is 0 Å². The number of anilines is 3. The van der Waals surface area contributed by atoms with Gasteiger partial charge in [-0.25, -0.2) is 4.98 Å². The normalized spacial score (nSPS) is 24.7. The second-order valence-corrected chi connectivity index (χ2v) is 10.2. The maximum Gasteiger partial charge on any atom is 0.230 e. The van der Waals surface area contributed by atoms with Crippen LogP contribution in [0.2, 0.25) is 0 Å². The first-order valence-electron chi connectivity index (χ1n) is 11.7. The van der Waals surface area contributed by atoms with Crippen molar-refractivity contribution in [3.05, 3.63) is 17.4 Å². The fraction of sp³-hybridized carbons (Fsp3) is 0.636. The summed E-state index contributed by atoms with van der Waals surface area (Å²) >= 11 is 1.71. The van der Waals surface area contributed by atoms with Gasteiger partial charge < -0.3 is 15.4 Å². The zero-order valence-corrected chi connectivity index (χ0v) is 19.3. The molecule has 32 heavy (non-hydrogen) atoms. The number of aromatic nitrogens is 5. The zero-order valence-electron chi connectivity index (χ0n) is 18.5. The predicted molar refractivity (Wildman–Crippen MR) is 126 cm³/mol. The van der Waals surface area contributed by atoms with Gasteiger partial charge in [0.15, 0.2) is 10.6 Å². The molecule has 3 aliphatic rings. The van der Waals surface area contributed by atoms with Crippen LogP contribution >= 0.6 is 11.3 Å². The van der Waals surface area contributed by atoms with Gasteiger partial charge in [0, 0.05) is 44.3 Å². The Morgan fingerprint density at radius 2 is 1.84 bits per heavy atom. The van der Waals surface area contributed by atoms with E-state index < -0.39 is 0 Å². The van der Waals surface area contributed by atoms with Gasteiger partial charge in [-0.1, -0.05) is 11.3 Å². The molecule has 0 amide bonds. The van der Waals surface area contributed by atoms with Crippen LogP contribution < -0.4 is 10.6 Å². The first-order valence-corrected chi connectivity index (χ1v) is 12.6. The molecule has 6 rings (SSSR count). The number of aryl methyl sites for hydroxylation is 1. The van der Waals surface area contributed by atoms with Crippen molar-refractivity contribution in [1.29, 1.82) is 0 Å². The molecule has 10 heteroatoms. The van der Waals surface area contributed by atoms with E-state index in [1.165, 1.54) is 30.7 Å². The lowest BCUT2D eigenvalue weighted by Crippen LogP contribution is -2.46. The molecule has 2 saturated carbocycles. The van der Waals surface area contributed by atoms with Gasteiger partial charge in [-0.15, -0.1) is 0 Å². The molecule has 0 spiro atoms. The quantitative estimate of drug-likeness (QED) is 0.585. The maximum absolute atomic E-state index is 5.52. The summed E-state index contributed by atoms with van der Waals surface area (Å²) in [5.41, 5.74) is 1.81. The molecule has 2 N–H and O–H groups in total. The standard InChI is InChI=1S/C22H30N8OS/c1-29-13-16(12-23-29)25-22-27-19(18-21(28-22)32-20(26-18)14-2-3-14)24-15-4-6-17(7-5-15)30-8-10-31-11-9-30/h12-15,17H,2-11H2,1H3,(H2,24,25,27,28). The van der Waals surface area contributed by atoms with Crippen LogP contribution in [0.4, 0.5) is 17.5 Å². The summed E-state index contributed by atoms with van der Waals surface area (Å²) in [7, 11) is 1.90. The Balaban J connectivity index is 1.21. The van der Waals surface area contributed by atoms with Crippen molar-refractivity contribution in [3.8, 4) is 0 Å². The number of nitrogens with zero attached hydrogens (tertiary/aromatic N) is 6. The number of fused-ring (bicyclic) bond motifs is 1. The number of hydrogen-bond acceptors (Lipinski definition) is 9. The largest absolute Gasteiger partial charge is 0.379 e. The fourth-order valence-electron chi connectivity index (χ4n) is 4.84. The van der Waals surface area contributed by atoms with Gasteiger partial charge in [0.1, 0.15) is 5.52 Å². The molecule has 4 heterocycles. The lowest BCUT2D eigenvalue weighted by molar-refractivity contribution is 0.00791. The molecule has 3 aromatic heterocycles. The number of rotatable bonds is 6. The van der Waals surface area contributed by atoms with Gasteiger partial charge in [-0.05, 0) is 38.5 Å². The van der Waals surface area contributed by atoms with E-state index in [9.17, 15) is 0 Å². The average molecular weight is 455 g/mol. The number of morpholine rings is 1. The molecule has 2 aliphatic carbocycles. The Hall–Kier alpha value is -2.30. The summed E-state index contributed by atoms with van der Waals surface area (Å²) < 4.78 is 7.29. The Bertz CT molecular complexity index is 1080. The predicted octanol–water partition coefficient (Wildman–Crippen LogP) is 3.50. The minimum atomic E-state index is 0.419. The number of nitrogens with one attached hydrogen (secondary N) is 2. The molecular formula is C22H30N8OS. The highest BCUT2D eigenvalue weighted by Gasteiger charge is 2.30. The molecule has 3 fully saturated rings. The molecule has 0 radical (unpaired) electrons. The minimum Gasteiger partial charge on any atom is -0.379 e. The molecule has 1 aliphatic heterocycles. The third kappa shape index (κ3) is 4.31. The van der Waals surface area contributed by atoms with Crippen LogP contribution in [-0.2, 0) is 11.8 Å². The summed E-state index contributed by atoms with van der Waals surface area (Å²) in [4.78, 5) is 18.1. The van der Waals surface area contributed by atoms with Crippen molar-refractivity contribution < 1.29 is 4.74 Å². The Labute approximate surface area is 191 Å². The van der Waals surface area contributed by atoms with E-state index in [2.05, 4.69) is 20.6 Å². The summed E-state index contributed by atoms with van der Waals surface area (Å²) in [6.07, 6.45) is 10.9. The highest BCUT2D eigenvalue weighted by Crippen LogP contribution is 2.44. The molecular weight excluding hydrogens is 424 g/mol. The van der Waals surface area contributed by atoms with Crippen LogP contribution in [-0.4, -0.2) is 68.0 Å². The Morgan fingerprint density at radius 1 is 1.03 bits per heavy atom. The summed E-state index contributed by atoms with van der Waals surface area (Å²) in [5.74, 6) is 2.07. The lowest BCUT2D eigenvalue weighted by atomic mass is 9.90. The van der Waals surface area contributed by atoms with Crippen LogP contribution in [0.25, 0.3) is 10.3 Å². The first-order chi connectivity index (χ1) is 15.7. The van der Waals surface area contributed by atoms with E-state index in [1.807, 2.05) is 13.2 Å². The van der Waals surface area contributed by atoms with Gasteiger partial charge in [0.2, 0.25) is 5.95 Å². The molecule has 0 aromatic carbocycles. The maximum atomic E-state index is 5.52. The average Bonchev–Trinajstić information content (AvgIpc) is 3.45. The molecule has 9 nitrogen and oxygen atoms in total. The Kier molecular flexibility index (Phi) is 5.44. The summed E-state index contributed by atoms with van der Waals surface area (Å²) in [6, 6.07) is 1.11. The van der Waals surface area contributed by atoms with Crippen LogP contribution in [0.1, 0.15) is 49.5 Å². The second-order valence-electron chi connectivity index (χ2n) is 9.20. The minimum absolute atomic E-state index is 0.419. The first kappa shape index (κ1) is 20.3. The number of ether oxygens (including phenoxy) is 1. The van der Waals surface area contributed by atoms with Crippen molar-refractivity contribution in [2.24, 2.45) is 7.05 Å². The van der Waals surface area contributed by atoms with E-state index in [0.717, 1.165) is 61.0 Å². The highest BCUT2D eigenvalue weighted by atomic mass is 32.1. The van der Waals surface area contributed by atoms with Crippen LogP contribution in [0.5, 0.6) is 0 Å². The topological polar surface area (TPSA) is 93.0 Å². The lowest BCUT2D eigenvalue weighted by Gasteiger charge is -2.39. The number of hydrogen-bond donors (Lipinski definition) is 2. The van der Waals surface area contributed by atoms with E-state index in [0.29, 0.717) is 23.9 Å². The fourth-order valence-corrected chi connectivity index (χ4v) is 5.94. The van der Waals surface area contributed by atoms with Gasteiger partial charge in [-0.3, -0.25) is 9.58 Å². The zero-order chi connectivity index (χ0) is 21.5. The number of thiazole rings is 1. The van der Waals surface area contributed by atoms with Crippen molar-refractivity contribution in [2.45, 2.75) is 56.5 Å². The molecule has 170 valence electrons. The van der Waals surface area contributed by atoms with Gasteiger partial charge >= 0.3 is 0 Å².